The molecule has 48 valence electrons. The first kappa shape index (κ1) is 7.82. The highest BCUT2D eigenvalue weighted by Gasteiger charge is 1.97. The highest BCUT2D eigenvalue weighted by atomic mass is 32.1. The minimum absolute atomic E-state index is 0.00606. The third-order valence-corrected chi connectivity index (χ3v) is 1.27. The lowest BCUT2D eigenvalue weighted by Crippen LogP contribution is -2.31. The number of nitrogens with one attached hydrogen (secondary N) is 1. The Hall–Kier alpha value is -0.180. The van der Waals surface area contributed by atoms with Gasteiger partial charge in [0.1, 0.15) is 0 Å². The summed E-state index contributed by atoms with van der Waals surface area (Å²) in [4.78, 5) is 10.3. The molecule has 0 aliphatic rings. The van der Waals surface area contributed by atoms with E-state index in [9.17, 15) is 4.79 Å². The molecule has 0 aromatic rings. The highest BCUT2D eigenvalue weighted by Crippen LogP contribution is 1.83. The second-order valence-electron chi connectivity index (χ2n) is 1.78. The molecule has 8 heavy (non-hydrogen) atoms. The van der Waals surface area contributed by atoms with Gasteiger partial charge in [0.15, 0.2) is 0 Å². The molecule has 0 fully saturated rings. The summed E-state index contributed by atoms with van der Waals surface area (Å²) in [6.45, 7) is 3.41. The summed E-state index contributed by atoms with van der Waals surface area (Å²) >= 11 is 3.98. The Kier molecular flexibility index (Phi) is 3.69. The summed E-state index contributed by atoms with van der Waals surface area (Å²) in [6, 6.07) is 0.191. The van der Waals surface area contributed by atoms with Crippen molar-refractivity contribution in [1.29, 1.82) is 0 Å². The molecular formula is C5H11NOS. The van der Waals surface area contributed by atoms with E-state index in [0.29, 0.717) is 5.75 Å². The van der Waals surface area contributed by atoms with E-state index in [1.807, 2.05) is 6.92 Å². The van der Waals surface area contributed by atoms with Crippen LogP contribution >= 0.6 is 12.6 Å². The normalized spacial score (nSPS) is 12.9. The second kappa shape index (κ2) is 3.78. The first-order valence-electron chi connectivity index (χ1n) is 2.54. The average Bonchev–Trinajstić information content (AvgIpc) is 1.65. The fraction of sp³-hybridized carbons (Fsp3) is 0.800. The van der Waals surface area contributed by atoms with Gasteiger partial charge in [0.05, 0.1) is 0 Å². The monoisotopic (exact) mass is 133 g/mol. The van der Waals surface area contributed by atoms with Crippen LogP contribution in [0.3, 0.4) is 0 Å². The van der Waals surface area contributed by atoms with Crippen LogP contribution in [0.25, 0.3) is 0 Å². The molecule has 0 unspecified atom stereocenters. The van der Waals surface area contributed by atoms with Gasteiger partial charge >= 0.3 is 0 Å². The van der Waals surface area contributed by atoms with Crippen molar-refractivity contribution >= 4 is 18.5 Å². The zero-order chi connectivity index (χ0) is 6.57. The van der Waals surface area contributed by atoms with Crippen LogP contribution in [-0.2, 0) is 4.79 Å². The first-order valence-corrected chi connectivity index (χ1v) is 3.18. The quantitative estimate of drug-likeness (QED) is 0.526. The molecule has 0 aromatic heterocycles. The van der Waals surface area contributed by atoms with E-state index in [4.69, 9.17) is 0 Å². The van der Waals surface area contributed by atoms with Crippen molar-refractivity contribution in [3.8, 4) is 0 Å². The van der Waals surface area contributed by atoms with Crippen molar-refractivity contribution in [2.24, 2.45) is 0 Å². The predicted molar refractivity (Wildman–Crippen MR) is 37.1 cm³/mol. The molecule has 0 aliphatic heterocycles. The maximum Gasteiger partial charge on any atom is 0.217 e. The van der Waals surface area contributed by atoms with Gasteiger partial charge in [0, 0.05) is 18.7 Å². The maximum atomic E-state index is 10.3. The number of thiol groups is 1. The fourth-order valence-electron chi connectivity index (χ4n) is 0.393. The van der Waals surface area contributed by atoms with E-state index >= 15 is 0 Å². The topological polar surface area (TPSA) is 29.1 Å². The van der Waals surface area contributed by atoms with Gasteiger partial charge in [-0.25, -0.2) is 0 Å². The van der Waals surface area contributed by atoms with Gasteiger partial charge in [-0.3, -0.25) is 4.79 Å². The molecule has 0 radical (unpaired) electrons. The Labute approximate surface area is 55.1 Å². The zero-order valence-corrected chi connectivity index (χ0v) is 6.03. The van der Waals surface area contributed by atoms with Crippen molar-refractivity contribution in [1.82, 2.24) is 5.32 Å². The number of rotatable bonds is 2. The van der Waals surface area contributed by atoms with Crippen LogP contribution in [-0.4, -0.2) is 17.7 Å². The van der Waals surface area contributed by atoms with Crippen molar-refractivity contribution in [3.63, 3.8) is 0 Å². The van der Waals surface area contributed by atoms with Crippen LogP contribution in [0.1, 0.15) is 13.8 Å². The Bertz CT molecular complexity index is 84.5. The van der Waals surface area contributed by atoms with Crippen molar-refractivity contribution in [2.75, 3.05) is 5.75 Å². The molecule has 3 heteroatoms. The van der Waals surface area contributed by atoms with Gasteiger partial charge in [-0.2, -0.15) is 12.6 Å². The molecule has 0 saturated carbocycles. The molecule has 0 spiro atoms. The number of carbonyl (C=O) groups excluding carboxylic acids is 1. The maximum absolute atomic E-state index is 10.3. The second-order valence-corrected chi connectivity index (χ2v) is 2.15. The van der Waals surface area contributed by atoms with E-state index in [-0.39, 0.29) is 11.9 Å². The van der Waals surface area contributed by atoms with Gasteiger partial charge < -0.3 is 5.32 Å². The molecule has 1 N–H and O–H groups in total. The standard InChI is InChI=1S/C5H11NOS/c1-4(3-8)6-5(2)7/h4,8H,3H2,1-2H3,(H,6,7)/t4-/m0/s1. The summed E-state index contributed by atoms with van der Waals surface area (Å²) < 4.78 is 0. The van der Waals surface area contributed by atoms with Crippen LogP contribution in [0, 0.1) is 0 Å². The van der Waals surface area contributed by atoms with Crippen LogP contribution in [0.15, 0.2) is 0 Å². The van der Waals surface area contributed by atoms with Crippen molar-refractivity contribution in [2.45, 2.75) is 19.9 Å². The SMILES string of the molecule is CC(=O)N[C@@H](C)CS. The Balaban J connectivity index is 3.24. The largest absolute Gasteiger partial charge is 0.353 e. The van der Waals surface area contributed by atoms with Crippen LogP contribution < -0.4 is 5.32 Å². The molecule has 1 amide bonds. The molecule has 0 bridgehead atoms. The highest BCUT2D eigenvalue weighted by molar-refractivity contribution is 7.80. The molecule has 1 atom stereocenters. The van der Waals surface area contributed by atoms with E-state index in [1.54, 1.807) is 0 Å². The van der Waals surface area contributed by atoms with Gasteiger partial charge in [-0.1, -0.05) is 0 Å². The van der Waals surface area contributed by atoms with E-state index in [2.05, 4.69) is 17.9 Å². The van der Waals surface area contributed by atoms with Crippen LogP contribution in [0.2, 0.25) is 0 Å². The molecule has 0 heterocycles. The Morgan fingerprint density at radius 1 is 1.88 bits per heavy atom. The van der Waals surface area contributed by atoms with Gasteiger partial charge in [-0.05, 0) is 6.92 Å². The smallest absolute Gasteiger partial charge is 0.217 e. The summed E-state index contributed by atoms with van der Waals surface area (Å²) in [5, 5.41) is 2.68. The predicted octanol–water partition coefficient (Wildman–Crippen LogP) is 0.441. The first-order chi connectivity index (χ1) is 3.66. The number of hydrogen-bond donors (Lipinski definition) is 2. The molecule has 2 nitrogen and oxygen atoms in total. The minimum atomic E-state index is 0.00606. The number of carbonyl (C=O) groups is 1. The summed E-state index contributed by atoms with van der Waals surface area (Å²) in [5.74, 6) is 0.700. The van der Waals surface area contributed by atoms with Gasteiger partial charge in [0.25, 0.3) is 0 Å². The van der Waals surface area contributed by atoms with Gasteiger partial charge in [-0.15, -0.1) is 0 Å². The van der Waals surface area contributed by atoms with Gasteiger partial charge in [0.2, 0.25) is 5.91 Å². The molecule has 0 aliphatic carbocycles. The van der Waals surface area contributed by atoms with E-state index < -0.39 is 0 Å². The minimum Gasteiger partial charge on any atom is -0.353 e. The Morgan fingerprint density at radius 2 is 2.38 bits per heavy atom. The summed E-state index contributed by atoms with van der Waals surface area (Å²) in [5.41, 5.74) is 0. The average molecular weight is 133 g/mol. The Morgan fingerprint density at radius 3 is 2.50 bits per heavy atom. The van der Waals surface area contributed by atoms with Crippen LogP contribution in [0.4, 0.5) is 0 Å². The zero-order valence-electron chi connectivity index (χ0n) is 5.14. The molecule has 0 rings (SSSR count). The fourth-order valence-corrected chi connectivity index (χ4v) is 0.484. The lowest BCUT2D eigenvalue weighted by atomic mass is 10.4. The number of amides is 1. The third kappa shape index (κ3) is 3.99. The lowest BCUT2D eigenvalue weighted by Gasteiger charge is -2.06. The summed E-state index contributed by atoms with van der Waals surface area (Å²) in [7, 11) is 0. The molecule has 0 saturated heterocycles. The third-order valence-electron chi connectivity index (χ3n) is 0.724. The molecular weight excluding hydrogens is 122 g/mol. The molecule has 0 aromatic carbocycles. The summed E-state index contributed by atoms with van der Waals surface area (Å²) in [6.07, 6.45) is 0. The number of hydrogen-bond acceptors (Lipinski definition) is 2. The lowest BCUT2D eigenvalue weighted by molar-refractivity contribution is -0.119. The van der Waals surface area contributed by atoms with Crippen molar-refractivity contribution in [3.05, 3.63) is 0 Å². The van der Waals surface area contributed by atoms with Crippen molar-refractivity contribution < 1.29 is 4.79 Å². The van der Waals surface area contributed by atoms with E-state index in [0.717, 1.165) is 0 Å². The van der Waals surface area contributed by atoms with E-state index in [1.165, 1.54) is 6.92 Å². The van der Waals surface area contributed by atoms with Crippen LogP contribution in [0.5, 0.6) is 0 Å².